The van der Waals surface area contributed by atoms with Crippen LogP contribution in [0, 0.1) is 18.6 Å². The second-order valence-corrected chi connectivity index (χ2v) is 7.44. The predicted octanol–water partition coefficient (Wildman–Crippen LogP) is 3.42. The topological polar surface area (TPSA) is 31.6 Å². The molecule has 2 saturated heterocycles. The number of aromatic nitrogens is 2. The molecule has 0 bridgehead atoms. The van der Waals surface area contributed by atoms with Gasteiger partial charge in [-0.2, -0.15) is 0 Å². The van der Waals surface area contributed by atoms with Crippen molar-refractivity contribution in [2.24, 2.45) is 0 Å². The minimum atomic E-state index is -0.317. The van der Waals surface area contributed by atoms with Crippen LogP contribution in [0.4, 0.5) is 0 Å². The van der Waals surface area contributed by atoms with Gasteiger partial charge in [0.25, 0.3) is 0 Å². The molecule has 2 aromatic rings. The number of hydrogen-bond donors (Lipinski definition) is 0. The van der Waals surface area contributed by atoms with Crippen molar-refractivity contribution >= 4 is 12.2 Å². The Morgan fingerprint density at radius 3 is 2.52 bits per heavy atom. The fourth-order valence-corrected chi connectivity index (χ4v) is 4.00. The molecular formula is C19H25N3O2S. The SMILES string of the molecule is Cc1ccc(C)c(-n2ccn(CN3CCC4(CC3)OCCO4)c2=S)c1. The fraction of sp³-hybridized carbons (Fsp3) is 0.526. The van der Waals surface area contributed by atoms with Crippen molar-refractivity contribution in [3.8, 4) is 5.69 Å². The van der Waals surface area contributed by atoms with Crippen LogP contribution in [0.5, 0.6) is 0 Å². The van der Waals surface area contributed by atoms with Gasteiger partial charge in [-0.1, -0.05) is 12.1 Å². The van der Waals surface area contributed by atoms with Crippen LogP contribution in [0.25, 0.3) is 5.69 Å². The van der Waals surface area contributed by atoms with Crippen LogP contribution in [0.1, 0.15) is 24.0 Å². The van der Waals surface area contributed by atoms with Gasteiger partial charge in [0.1, 0.15) is 0 Å². The van der Waals surface area contributed by atoms with Gasteiger partial charge >= 0.3 is 0 Å². The van der Waals surface area contributed by atoms with Gasteiger partial charge in [-0.15, -0.1) is 0 Å². The maximum absolute atomic E-state index is 5.81. The summed E-state index contributed by atoms with van der Waals surface area (Å²) >= 11 is 5.73. The number of benzene rings is 1. The minimum Gasteiger partial charge on any atom is -0.347 e. The summed E-state index contributed by atoms with van der Waals surface area (Å²) in [5.41, 5.74) is 3.64. The van der Waals surface area contributed by atoms with Gasteiger partial charge < -0.3 is 14.0 Å². The maximum atomic E-state index is 5.81. The minimum absolute atomic E-state index is 0.317. The summed E-state index contributed by atoms with van der Waals surface area (Å²) in [6, 6.07) is 6.47. The van der Waals surface area contributed by atoms with Crippen LogP contribution < -0.4 is 0 Å². The summed E-state index contributed by atoms with van der Waals surface area (Å²) in [7, 11) is 0. The number of nitrogens with zero attached hydrogens (tertiary/aromatic N) is 3. The summed E-state index contributed by atoms with van der Waals surface area (Å²) in [6.07, 6.45) is 6.01. The van der Waals surface area contributed by atoms with E-state index in [-0.39, 0.29) is 5.79 Å². The van der Waals surface area contributed by atoms with Gasteiger partial charge in [-0.25, -0.2) is 0 Å². The highest BCUT2D eigenvalue weighted by molar-refractivity contribution is 7.71. The number of piperidine rings is 1. The van der Waals surface area contributed by atoms with Crippen molar-refractivity contribution < 1.29 is 9.47 Å². The van der Waals surface area contributed by atoms with E-state index in [1.165, 1.54) is 11.1 Å². The first-order valence-corrected chi connectivity index (χ1v) is 9.33. The van der Waals surface area contributed by atoms with Crippen LogP contribution >= 0.6 is 12.2 Å². The molecule has 0 unspecified atom stereocenters. The molecule has 1 aromatic heterocycles. The van der Waals surface area contributed by atoms with Crippen molar-refractivity contribution in [3.05, 3.63) is 46.5 Å². The molecule has 5 nitrogen and oxygen atoms in total. The Balaban J connectivity index is 1.49. The summed E-state index contributed by atoms with van der Waals surface area (Å²) in [6.45, 7) is 8.44. The Bertz CT molecular complexity index is 810. The molecule has 6 heteroatoms. The zero-order valence-corrected chi connectivity index (χ0v) is 15.7. The third-order valence-corrected chi connectivity index (χ3v) is 5.69. The Kier molecular flexibility index (Phi) is 4.54. The van der Waals surface area contributed by atoms with Gasteiger partial charge in [0.05, 0.1) is 25.6 Å². The molecule has 0 aliphatic carbocycles. The number of rotatable bonds is 3. The van der Waals surface area contributed by atoms with E-state index in [1.54, 1.807) is 0 Å². The van der Waals surface area contributed by atoms with Crippen LogP contribution in [0.3, 0.4) is 0 Å². The number of imidazole rings is 1. The second-order valence-electron chi connectivity index (χ2n) is 7.08. The lowest BCUT2D eigenvalue weighted by molar-refractivity contribution is -0.187. The average molecular weight is 359 g/mol. The molecule has 4 rings (SSSR count). The monoisotopic (exact) mass is 359 g/mol. The van der Waals surface area contributed by atoms with Gasteiger partial charge in [-0.05, 0) is 43.3 Å². The largest absolute Gasteiger partial charge is 0.347 e. The third-order valence-electron chi connectivity index (χ3n) is 5.26. The van der Waals surface area contributed by atoms with E-state index in [1.807, 2.05) is 0 Å². The zero-order valence-electron chi connectivity index (χ0n) is 14.9. The van der Waals surface area contributed by atoms with Gasteiger partial charge in [0.15, 0.2) is 10.6 Å². The molecule has 1 spiro atoms. The van der Waals surface area contributed by atoms with Crippen LogP contribution in [0.2, 0.25) is 0 Å². The molecule has 0 radical (unpaired) electrons. The smallest absolute Gasteiger partial charge is 0.185 e. The molecule has 0 atom stereocenters. The maximum Gasteiger partial charge on any atom is 0.185 e. The van der Waals surface area contributed by atoms with Crippen LogP contribution in [-0.4, -0.2) is 46.1 Å². The van der Waals surface area contributed by atoms with Crippen molar-refractivity contribution in [1.29, 1.82) is 0 Å². The lowest BCUT2D eigenvalue weighted by Crippen LogP contribution is -2.45. The van der Waals surface area contributed by atoms with Crippen molar-refractivity contribution in [1.82, 2.24) is 14.0 Å². The van der Waals surface area contributed by atoms with Gasteiger partial charge in [-0.3, -0.25) is 9.47 Å². The van der Waals surface area contributed by atoms with Crippen LogP contribution in [-0.2, 0) is 16.1 Å². The first-order valence-electron chi connectivity index (χ1n) is 8.92. The molecule has 0 saturated carbocycles. The normalized spacial score (nSPS) is 20.4. The van der Waals surface area contributed by atoms with Gasteiger partial charge in [0.2, 0.25) is 0 Å². The van der Waals surface area contributed by atoms with E-state index in [2.05, 4.69) is 58.5 Å². The van der Waals surface area contributed by atoms with E-state index in [0.717, 1.165) is 56.3 Å². The Morgan fingerprint density at radius 1 is 1.08 bits per heavy atom. The first-order chi connectivity index (χ1) is 12.1. The fourth-order valence-electron chi connectivity index (χ4n) is 3.72. The standard InChI is InChI=1S/C19H25N3O2S/c1-15-3-4-16(2)17(13-15)22-10-9-21(18(22)25)14-20-7-5-19(6-8-20)23-11-12-24-19/h3-4,9-10,13H,5-8,11-12,14H2,1-2H3. The molecule has 2 aliphatic rings. The lowest BCUT2D eigenvalue weighted by atomic mass is 10.0. The Morgan fingerprint density at radius 2 is 1.80 bits per heavy atom. The average Bonchev–Trinajstić information content (AvgIpc) is 3.20. The molecule has 0 N–H and O–H groups in total. The van der Waals surface area contributed by atoms with E-state index in [0.29, 0.717) is 0 Å². The number of likely N-dealkylation sites (tertiary alicyclic amines) is 1. The van der Waals surface area contributed by atoms with Crippen molar-refractivity contribution in [2.75, 3.05) is 26.3 Å². The number of aryl methyl sites for hydroxylation is 2. The van der Waals surface area contributed by atoms with E-state index < -0.39 is 0 Å². The quantitative estimate of drug-likeness (QED) is 0.786. The molecule has 25 heavy (non-hydrogen) atoms. The Hall–Kier alpha value is -1.47. The van der Waals surface area contributed by atoms with E-state index in [4.69, 9.17) is 21.7 Å². The predicted molar refractivity (Wildman–Crippen MR) is 99.5 cm³/mol. The number of ether oxygens (including phenoxy) is 2. The summed E-state index contributed by atoms with van der Waals surface area (Å²) in [4.78, 5) is 2.42. The highest BCUT2D eigenvalue weighted by Crippen LogP contribution is 2.31. The highest BCUT2D eigenvalue weighted by Gasteiger charge is 2.39. The van der Waals surface area contributed by atoms with E-state index >= 15 is 0 Å². The molecular weight excluding hydrogens is 334 g/mol. The van der Waals surface area contributed by atoms with Crippen molar-refractivity contribution in [3.63, 3.8) is 0 Å². The number of hydrogen-bond acceptors (Lipinski definition) is 4. The molecule has 134 valence electrons. The molecule has 2 aliphatic heterocycles. The molecule has 2 fully saturated rings. The molecule has 3 heterocycles. The first kappa shape index (κ1) is 17.0. The summed E-state index contributed by atoms with van der Waals surface area (Å²) in [5.74, 6) is -0.317. The highest BCUT2D eigenvalue weighted by atomic mass is 32.1. The van der Waals surface area contributed by atoms with E-state index in [9.17, 15) is 0 Å². The molecule has 0 amide bonds. The lowest BCUT2D eigenvalue weighted by Gasteiger charge is -2.37. The third kappa shape index (κ3) is 3.31. The summed E-state index contributed by atoms with van der Waals surface area (Å²) < 4.78 is 16.7. The Labute approximate surface area is 153 Å². The van der Waals surface area contributed by atoms with Gasteiger partial charge in [0, 0.05) is 38.3 Å². The van der Waals surface area contributed by atoms with Crippen molar-refractivity contribution in [2.45, 2.75) is 39.1 Å². The molecule has 1 aromatic carbocycles. The summed E-state index contributed by atoms with van der Waals surface area (Å²) in [5, 5.41) is 0. The second kappa shape index (κ2) is 6.68. The zero-order chi connectivity index (χ0) is 17.4. The van der Waals surface area contributed by atoms with Crippen LogP contribution in [0.15, 0.2) is 30.6 Å².